The summed E-state index contributed by atoms with van der Waals surface area (Å²) in [6.45, 7) is -1.96. The fourth-order valence-corrected chi connectivity index (χ4v) is 2.08. The van der Waals surface area contributed by atoms with Crippen molar-refractivity contribution in [3.8, 4) is 0 Å². The Morgan fingerprint density at radius 2 is 1.67 bits per heavy atom. The molecule has 0 aromatic rings. The highest BCUT2D eigenvalue weighted by Gasteiger charge is 2.50. The van der Waals surface area contributed by atoms with Crippen LogP contribution < -0.4 is 0 Å². The number of hydrogen-bond acceptors (Lipinski definition) is 9. The van der Waals surface area contributed by atoms with Crippen LogP contribution in [-0.2, 0) is 38.2 Å². The number of halogens is 1. The zero-order valence-corrected chi connectivity index (χ0v) is 14.0. The van der Waals surface area contributed by atoms with Gasteiger partial charge in [-0.2, -0.15) is 0 Å². The first-order valence-electron chi connectivity index (χ1n) is 7.79. The second-order valence-corrected chi connectivity index (χ2v) is 5.11. The summed E-state index contributed by atoms with van der Waals surface area (Å²) in [5, 5.41) is 18.9. The molecule has 0 saturated heterocycles. The Morgan fingerprint density at radius 3 is 2.08 bits per heavy atom. The molecule has 0 rings (SSSR count). The zero-order chi connectivity index (χ0) is 21.4. The first-order valence-corrected chi connectivity index (χ1v) is 7.08. The normalized spacial score (nSPS) is 18.9. The fourth-order valence-electron chi connectivity index (χ4n) is 1.74. The molecule has 0 bridgehead atoms. The van der Waals surface area contributed by atoms with E-state index in [9.17, 15) is 29.1 Å². The molecule has 0 aliphatic carbocycles. The van der Waals surface area contributed by atoms with Crippen LogP contribution in [0, 0.1) is 0 Å². The van der Waals surface area contributed by atoms with E-state index < -0.39 is 73.2 Å². The monoisotopic (exact) mass is 415 g/mol. The SMILES string of the molecule is [2H]C(=O)CO[C@H]([C@H](O)C(=O)O)[C@H](OCC([2H])=O)[C@@](C)(OCC([2H])=O)C(=O)Br. The number of aliphatic hydroxyl groups excluding tert-OH is 1. The topological polar surface area (TPSA) is 154 Å². The van der Waals surface area contributed by atoms with Crippen LogP contribution in [-0.4, -0.2) is 83.4 Å². The van der Waals surface area contributed by atoms with Gasteiger partial charge in [-0.15, -0.1) is 0 Å². The van der Waals surface area contributed by atoms with E-state index in [0.29, 0.717) is 0 Å². The molecule has 0 amide bonds. The van der Waals surface area contributed by atoms with Crippen LogP contribution in [0.1, 0.15) is 11.0 Å². The molecule has 4 atom stereocenters. The quantitative estimate of drug-likeness (QED) is 0.253. The second-order valence-electron chi connectivity index (χ2n) is 4.39. The maximum absolute atomic E-state index is 12.0. The number of aldehydes is 3. The summed E-state index contributed by atoms with van der Waals surface area (Å²) < 4.78 is 34.4. The Kier molecular flexibility index (Phi) is 8.00. The molecule has 136 valence electrons. The third-order valence-electron chi connectivity index (χ3n) is 2.88. The number of ether oxygens (including phenoxy) is 3. The van der Waals surface area contributed by atoms with E-state index in [1.165, 1.54) is 0 Å². The Balaban J connectivity index is 6.07. The van der Waals surface area contributed by atoms with Crippen LogP contribution in [0.4, 0.5) is 0 Å². The number of carboxylic acid groups (broad SMARTS) is 1. The summed E-state index contributed by atoms with van der Waals surface area (Å²) in [5.41, 5.74) is -2.28. The minimum atomic E-state index is -2.41. The Labute approximate surface area is 149 Å². The Bertz CT molecular complexity index is 601. The number of hydrogen-bond donors (Lipinski definition) is 2. The molecule has 0 spiro atoms. The number of carbonyl (C=O) groups excluding carboxylic acids is 4. The average molecular weight is 416 g/mol. The predicted molar refractivity (Wildman–Crippen MR) is 79.6 cm³/mol. The van der Waals surface area contributed by atoms with E-state index in [4.69, 9.17) is 23.4 Å². The second kappa shape index (κ2) is 11.1. The Morgan fingerprint density at radius 1 is 1.17 bits per heavy atom. The first-order chi connectivity index (χ1) is 12.3. The van der Waals surface area contributed by atoms with Gasteiger partial charge in [0.25, 0.3) is 0 Å². The molecule has 0 fully saturated rings. The van der Waals surface area contributed by atoms with Gasteiger partial charge in [-0.25, -0.2) is 4.79 Å². The van der Waals surface area contributed by atoms with E-state index in [2.05, 4.69) is 15.9 Å². The lowest BCUT2D eigenvalue weighted by atomic mass is 9.92. The molecule has 0 radical (unpaired) electrons. The maximum Gasteiger partial charge on any atom is 0.335 e. The molecule has 0 unspecified atom stereocenters. The van der Waals surface area contributed by atoms with E-state index in [1.807, 2.05) is 0 Å². The molecule has 0 aliphatic heterocycles. The van der Waals surface area contributed by atoms with Gasteiger partial charge < -0.3 is 38.8 Å². The molecule has 2 N–H and O–H groups in total. The Hall–Kier alpha value is -1.53. The molecule has 10 nitrogen and oxygen atoms in total. The first kappa shape index (κ1) is 17.3. The summed E-state index contributed by atoms with van der Waals surface area (Å²) in [7, 11) is 0. The van der Waals surface area contributed by atoms with Crippen molar-refractivity contribution in [2.75, 3.05) is 19.8 Å². The largest absolute Gasteiger partial charge is 0.479 e. The molecule has 0 saturated carbocycles. The molecule has 0 aromatic heterocycles. The molecule has 24 heavy (non-hydrogen) atoms. The van der Waals surface area contributed by atoms with Crippen molar-refractivity contribution in [2.45, 2.75) is 30.8 Å². The minimum absolute atomic E-state index is 0.949. The van der Waals surface area contributed by atoms with Crippen LogP contribution in [0.3, 0.4) is 0 Å². The van der Waals surface area contributed by atoms with E-state index >= 15 is 0 Å². The van der Waals surface area contributed by atoms with Crippen molar-refractivity contribution in [2.24, 2.45) is 0 Å². The smallest absolute Gasteiger partial charge is 0.335 e. The van der Waals surface area contributed by atoms with E-state index in [-0.39, 0.29) is 0 Å². The lowest BCUT2D eigenvalue weighted by molar-refractivity contribution is -0.203. The molecular weight excluding hydrogens is 396 g/mol. The molecule has 11 heteroatoms. The summed E-state index contributed by atoms with van der Waals surface area (Å²) in [6.07, 6.45) is -10.2. The highest BCUT2D eigenvalue weighted by atomic mass is 79.9. The fraction of sp³-hybridized carbons (Fsp3) is 0.615. The number of carbonyl (C=O) groups is 5. The van der Waals surface area contributed by atoms with Gasteiger partial charge in [-0.3, -0.25) is 4.79 Å². The van der Waals surface area contributed by atoms with Gasteiger partial charge >= 0.3 is 5.97 Å². The summed E-state index contributed by atoms with van der Waals surface area (Å²) >= 11 is 2.55. The van der Waals surface area contributed by atoms with Gasteiger partial charge in [-0.05, 0) is 22.9 Å². The number of aliphatic hydroxyl groups is 1. The van der Waals surface area contributed by atoms with Crippen LogP contribution in [0.2, 0.25) is 0 Å². The maximum atomic E-state index is 12.0. The number of carboxylic acids is 1. The van der Waals surface area contributed by atoms with Gasteiger partial charge in [0.15, 0.2) is 11.7 Å². The third-order valence-corrected chi connectivity index (χ3v) is 3.67. The summed E-state index contributed by atoms with van der Waals surface area (Å²) in [5.74, 6) is -1.86. The lowest BCUT2D eigenvalue weighted by Gasteiger charge is -2.38. The average Bonchev–Trinajstić information content (AvgIpc) is 2.54. The van der Waals surface area contributed by atoms with Gasteiger partial charge in [-0.1, -0.05) is 0 Å². The van der Waals surface area contributed by atoms with E-state index in [0.717, 1.165) is 6.92 Å². The molecule has 0 aromatic carbocycles. The van der Waals surface area contributed by atoms with Crippen LogP contribution in [0.15, 0.2) is 0 Å². The standard InChI is InChI=1S/C13H17BrO10/c1-13(12(14)21,24-7-4-17)10(23-6-3-16)9(22-5-2-15)8(18)11(19)20/h2-4,8-10,18H,5-7H2,1H3,(H,19,20)/t8-,9+,10-,13+/m0/s1/i2D,3D,4D. The van der Waals surface area contributed by atoms with Crippen LogP contribution >= 0.6 is 15.9 Å². The van der Waals surface area contributed by atoms with Crippen molar-refractivity contribution < 1.29 is 52.5 Å². The summed E-state index contributed by atoms with van der Waals surface area (Å²) in [4.78, 5) is 55.8. The summed E-state index contributed by atoms with van der Waals surface area (Å²) in [6, 6.07) is 0. The van der Waals surface area contributed by atoms with Gasteiger partial charge in [0.05, 0.1) is 0 Å². The van der Waals surface area contributed by atoms with Crippen molar-refractivity contribution in [1.29, 1.82) is 0 Å². The van der Waals surface area contributed by atoms with Crippen molar-refractivity contribution >= 4 is 45.4 Å². The number of aliphatic carboxylic acids is 1. The van der Waals surface area contributed by atoms with Crippen molar-refractivity contribution in [3.63, 3.8) is 0 Å². The van der Waals surface area contributed by atoms with Gasteiger partial charge in [0.1, 0.15) is 54.9 Å². The highest BCUT2D eigenvalue weighted by molar-refractivity contribution is 9.18. The molecule has 0 heterocycles. The van der Waals surface area contributed by atoms with Crippen LogP contribution in [0.5, 0.6) is 0 Å². The van der Waals surface area contributed by atoms with Crippen LogP contribution in [0.25, 0.3) is 0 Å². The number of rotatable bonds is 14. The predicted octanol–water partition coefficient (Wildman–Crippen LogP) is -1.50. The molecule has 0 aliphatic rings. The molecular formula is C13H17BrO10. The third kappa shape index (κ3) is 6.17. The van der Waals surface area contributed by atoms with Gasteiger partial charge in [0, 0.05) is 0 Å². The lowest BCUT2D eigenvalue weighted by Crippen LogP contribution is -2.59. The highest BCUT2D eigenvalue weighted by Crippen LogP contribution is 2.28. The van der Waals surface area contributed by atoms with E-state index in [1.54, 1.807) is 0 Å². The van der Waals surface area contributed by atoms with Crippen molar-refractivity contribution in [1.82, 2.24) is 0 Å². The van der Waals surface area contributed by atoms with Crippen molar-refractivity contribution in [3.05, 3.63) is 0 Å². The zero-order valence-electron chi connectivity index (χ0n) is 15.4. The van der Waals surface area contributed by atoms with Gasteiger partial charge in [0.2, 0.25) is 4.69 Å². The minimum Gasteiger partial charge on any atom is -0.479 e.